The number of nitrogens with zero attached hydrogens (tertiary/aromatic N) is 1. The second-order valence-electron chi connectivity index (χ2n) is 8.30. The number of aromatic nitrogens is 1. The van der Waals surface area contributed by atoms with E-state index < -0.39 is 0 Å². The van der Waals surface area contributed by atoms with Crippen LogP contribution >= 0.6 is 11.3 Å². The van der Waals surface area contributed by atoms with Gasteiger partial charge < -0.3 is 14.8 Å². The van der Waals surface area contributed by atoms with Gasteiger partial charge in [-0.15, -0.1) is 11.3 Å². The number of para-hydroxylation sites is 1. The van der Waals surface area contributed by atoms with Gasteiger partial charge in [0.2, 0.25) is 6.79 Å². The average Bonchev–Trinajstić information content (AvgIpc) is 3.24. The van der Waals surface area contributed by atoms with Gasteiger partial charge in [-0.25, -0.2) is 4.98 Å². The van der Waals surface area contributed by atoms with Gasteiger partial charge >= 0.3 is 0 Å². The summed E-state index contributed by atoms with van der Waals surface area (Å²) in [5.74, 6) is 1.65. The minimum atomic E-state index is -0.0249. The van der Waals surface area contributed by atoms with E-state index in [1.807, 2.05) is 6.07 Å². The molecule has 1 aliphatic rings. The topological polar surface area (TPSA) is 43.4 Å². The molecular formula is C23H26N2O2S. The monoisotopic (exact) mass is 394 g/mol. The maximum absolute atomic E-state index is 5.54. The summed E-state index contributed by atoms with van der Waals surface area (Å²) in [6.45, 7) is 11.2. The Morgan fingerprint density at radius 1 is 1.04 bits per heavy atom. The molecule has 28 heavy (non-hydrogen) atoms. The maximum atomic E-state index is 5.54. The highest BCUT2D eigenvalue weighted by molar-refractivity contribution is 7.15. The lowest BCUT2D eigenvalue weighted by atomic mass is 9.90. The van der Waals surface area contributed by atoms with Crippen LogP contribution in [0.4, 0.5) is 10.8 Å². The second-order valence-corrected chi connectivity index (χ2v) is 9.38. The van der Waals surface area contributed by atoms with Crippen LogP contribution in [0.5, 0.6) is 11.5 Å². The summed E-state index contributed by atoms with van der Waals surface area (Å²) >= 11 is 1.73. The highest BCUT2D eigenvalue weighted by atomic mass is 32.1. The summed E-state index contributed by atoms with van der Waals surface area (Å²) < 4.78 is 11.0. The summed E-state index contributed by atoms with van der Waals surface area (Å²) in [5, 5.41) is 4.51. The molecule has 4 rings (SSSR count). The van der Waals surface area contributed by atoms with Gasteiger partial charge in [-0.1, -0.05) is 45.0 Å². The van der Waals surface area contributed by atoms with Gasteiger partial charge in [0.15, 0.2) is 16.6 Å². The van der Waals surface area contributed by atoms with Crippen molar-refractivity contribution in [1.82, 2.24) is 4.98 Å². The molecule has 0 radical (unpaired) electrons. The Morgan fingerprint density at radius 2 is 1.75 bits per heavy atom. The number of hydrogen-bond donors (Lipinski definition) is 1. The van der Waals surface area contributed by atoms with Gasteiger partial charge in [-0.05, 0) is 42.7 Å². The molecule has 5 heteroatoms. The van der Waals surface area contributed by atoms with E-state index in [1.165, 1.54) is 21.6 Å². The van der Waals surface area contributed by atoms with Crippen LogP contribution in [0.2, 0.25) is 0 Å². The first-order valence-electron chi connectivity index (χ1n) is 9.53. The molecule has 3 aromatic rings. The molecule has 0 amide bonds. The Kier molecular flexibility index (Phi) is 4.79. The fraction of sp³-hybridized carbons (Fsp3) is 0.348. The third-order valence-electron chi connectivity index (χ3n) is 4.92. The van der Waals surface area contributed by atoms with Crippen LogP contribution in [0.1, 0.15) is 48.0 Å². The van der Waals surface area contributed by atoms with Crippen molar-refractivity contribution < 1.29 is 9.47 Å². The predicted octanol–water partition coefficient (Wildman–Crippen LogP) is 6.12. The Labute approximate surface area is 170 Å². The van der Waals surface area contributed by atoms with Crippen LogP contribution in [0.15, 0.2) is 36.4 Å². The molecule has 0 saturated carbocycles. The maximum Gasteiger partial charge on any atom is 0.231 e. The standard InChI is InChI=1S/C23H26N2O2S/c1-14-7-6-8-15(2)20(14)24-22-25-21(23(3,4)5)19(28-22)12-16-9-10-17-18(11-16)27-13-26-17/h6-11H,12-13H2,1-5H3,(H,24,25). The SMILES string of the molecule is Cc1cccc(C)c1Nc1nc(C(C)(C)C)c(Cc2ccc3c(c2)OCO3)s1. The molecule has 0 fully saturated rings. The second kappa shape index (κ2) is 7.13. The first kappa shape index (κ1) is 18.8. The third kappa shape index (κ3) is 3.72. The first-order chi connectivity index (χ1) is 13.3. The van der Waals surface area contributed by atoms with Crippen molar-refractivity contribution in [3.63, 3.8) is 0 Å². The van der Waals surface area contributed by atoms with E-state index in [9.17, 15) is 0 Å². The van der Waals surface area contributed by atoms with Gasteiger partial charge in [-0.2, -0.15) is 0 Å². The molecule has 0 aliphatic carbocycles. The Hall–Kier alpha value is -2.53. The van der Waals surface area contributed by atoms with Gasteiger partial charge in [-0.3, -0.25) is 0 Å². The number of thiazole rings is 1. The fourth-order valence-corrected chi connectivity index (χ4v) is 4.68. The number of hydrogen-bond acceptors (Lipinski definition) is 5. The third-order valence-corrected chi connectivity index (χ3v) is 5.89. The molecule has 4 nitrogen and oxygen atoms in total. The summed E-state index contributed by atoms with van der Waals surface area (Å²) in [5.41, 5.74) is 5.92. The predicted molar refractivity (Wildman–Crippen MR) is 115 cm³/mol. The molecule has 2 heterocycles. The summed E-state index contributed by atoms with van der Waals surface area (Å²) in [4.78, 5) is 6.26. The minimum Gasteiger partial charge on any atom is -0.454 e. The van der Waals surface area contributed by atoms with Crippen molar-refractivity contribution in [2.45, 2.75) is 46.5 Å². The molecule has 2 aromatic carbocycles. The largest absolute Gasteiger partial charge is 0.454 e. The van der Waals surface area contributed by atoms with Gasteiger partial charge in [0.25, 0.3) is 0 Å². The van der Waals surface area contributed by atoms with Crippen LogP contribution < -0.4 is 14.8 Å². The number of rotatable bonds is 4. The number of ether oxygens (including phenoxy) is 2. The average molecular weight is 395 g/mol. The smallest absolute Gasteiger partial charge is 0.231 e. The van der Waals surface area contributed by atoms with Crippen molar-refractivity contribution in [2.24, 2.45) is 0 Å². The summed E-state index contributed by atoms with van der Waals surface area (Å²) in [6, 6.07) is 12.5. The van der Waals surface area contributed by atoms with E-state index in [0.29, 0.717) is 6.79 Å². The van der Waals surface area contributed by atoms with Crippen molar-refractivity contribution in [1.29, 1.82) is 0 Å². The van der Waals surface area contributed by atoms with Crippen molar-refractivity contribution in [3.05, 3.63) is 63.7 Å². The van der Waals surface area contributed by atoms with E-state index >= 15 is 0 Å². The zero-order valence-corrected chi connectivity index (χ0v) is 17.9. The van der Waals surface area contributed by atoms with Crippen LogP contribution in [-0.4, -0.2) is 11.8 Å². The Morgan fingerprint density at radius 3 is 2.46 bits per heavy atom. The molecule has 1 aromatic heterocycles. The van der Waals surface area contributed by atoms with Crippen LogP contribution in [0.25, 0.3) is 0 Å². The number of nitrogens with one attached hydrogen (secondary N) is 1. The van der Waals surface area contributed by atoms with E-state index in [-0.39, 0.29) is 5.41 Å². The normalized spacial score (nSPS) is 13.0. The van der Waals surface area contributed by atoms with Crippen molar-refractivity contribution in [3.8, 4) is 11.5 Å². The van der Waals surface area contributed by atoms with Crippen LogP contribution in [0, 0.1) is 13.8 Å². The van der Waals surface area contributed by atoms with Gasteiger partial charge in [0, 0.05) is 22.4 Å². The number of benzene rings is 2. The molecule has 0 saturated heterocycles. The number of aryl methyl sites for hydroxylation is 2. The minimum absolute atomic E-state index is 0.0249. The fourth-order valence-electron chi connectivity index (χ4n) is 3.47. The quantitative estimate of drug-likeness (QED) is 0.579. The zero-order valence-electron chi connectivity index (χ0n) is 17.1. The number of fused-ring (bicyclic) bond motifs is 1. The lowest BCUT2D eigenvalue weighted by Gasteiger charge is -2.17. The van der Waals surface area contributed by atoms with E-state index in [4.69, 9.17) is 14.5 Å². The molecule has 0 unspecified atom stereocenters. The molecule has 146 valence electrons. The summed E-state index contributed by atoms with van der Waals surface area (Å²) in [6.07, 6.45) is 0.829. The zero-order chi connectivity index (χ0) is 19.9. The first-order valence-corrected chi connectivity index (χ1v) is 10.3. The van der Waals surface area contributed by atoms with Gasteiger partial charge in [0.1, 0.15) is 0 Å². The highest BCUT2D eigenvalue weighted by Crippen LogP contribution is 2.38. The lowest BCUT2D eigenvalue weighted by molar-refractivity contribution is 0.174. The van der Waals surface area contributed by atoms with E-state index in [1.54, 1.807) is 11.3 Å². The molecular weight excluding hydrogens is 368 g/mol. The van der Waals surface area contributed by atoms with Crippen LogP contribution in [-0.2, 0) is 11.8 Å². The molecule has 0 bridgehead atoms. The van der Waals surface area contributed by atoms with E-state index in [2.05, 4.69) is 70.3 Å². The molecule has 0 spiro atoms. The Balaban J connectivity index is 1.67. The van der Waals surface area contributed by atoms with E-state index in [0.717, 1.165) is 34.4 Å². The summed E-state index contributed by atoms with van der Waals surface area (Å²) in [7, 11) is 0. The number of anilines is 2. The van der Waals surface area contributed by atoms with Crippen LogP contribution in [0.3, 0.4) is 0 Å². The Bertz CT molecular complexity index is 998. The highest BCUT2D eigenvalue weighted by Gasteiger charge is 2.24. The lowest BCUT2D eigenvalue weighted by Crippen LogP contribution is -2.14. The van der Waals surface area contributed by atoms with Crippen molar-refractivity contribution >= 4 is 22.2 Å². The van der Waals surface area contributed by atoms with Gasteiger partial charge in [0.05, 0.1) is 5.69 Å². The molecule has 1 N–H and O–H groups in total. The molecule has 1 aliphatic heterocycles. The molecule has 0 atom stereocenters. The van der Waals surface area contributed by atoms with Crippen molar-refractivity contribution in [2.75, 3.05) is 12.1 Å².